The molecule has 0 saturated heterocycles. The zero-order chi connectivity index (χ0) is 58.5. The van der Waals surface area contributed by atoms with Crippen LogP contribution in [-0.4, -0.2) is 37.2 Å². The summed E-state index contributed by atoms with van der Waals surface area (Å²) in [6.45, 7) is 6.47. The second-order valence-corrected chi connectivity index (χ2v) is 22.0. The van der Waals surface area contributed by atoms with Gasteiger partial charge in [-0.05, 0) is 141 Å². The van der Waals surface area contributed by atoms with Gasteiger partial charge in [0.2, 0.25) is 0 Å². The van der Waals surface area contributed by atoms with Crippen molar-refractivity contribution in [2.24, 2.45) is 0 Å². The molecule has 0 heterocycles. The molecule has 0 aliphatic carbocycles. The third-order valence-electron chi connectivity index (χ3n) is 14.1. The normalized spacial score (nSPS) is 13.0. The quantitative estimate of drug-likeness (QED) is 0.0261. The van der Waals surface area contributed by atoms with Crippen molar-refractivity contribution < 1.29 is 28.6 Å². The van der Waals surface area contributed by atoms with E-state index in [1.54, 1.807) is 0 Å². The first-order valence-corrected chi connectivity index (χ1v) is 33.7. The Hall–Kier alpha value is -4.45. The van der Waals surface area contributed by atoms with Crippen molar-refractivity contribution in [3.8, 4) is 0 Å². The molecule has 460 valence electrons. The number of carbonyl (C=O) groups excluding carboxylic acids is 3. The summed E-state index contributed by atoms with van der Waals surface area (Å²) >= 11 is 0. The van der Waals surface area contributed by atoms with Gasteiger partial charge in [0.25, 0.3) is 0 Å². The molecule has 0 spiro atoms. The Morgan fingerprint density at radius 1 is 0.259 bits per heavy atom. The summed E-state index contributed by atoms with van der Waals surface area (Å²) in [5.41, 5.74) is 0. The molecule has 0 rings (SSSR count). The van der Waals surface area contributed by atoms with Crippen LogP contribution >= 0.6 is 0 Å². The van der Waals surface area contributed by atoms with Gasteiger partial charge in [-0.15, -0.1) is 0 Å². The van der Waals surface area contributed by atoms with Crippen LogP contribution in [0.25, 0.3) is 0 Å². The third-order valence-corrected chi connectivity index (χ3v) is 14.1. The average molecular weight is 1120 g/mol. The molecule has 1 atom stereocenters. The highest BCUT2D eigenvalue weighted by molar-refractivity contribution is 5.71. The molecule has 0 saturated carbocycles. The molecule has 0 aliphatic rings. The van der Waals surface area contributed by atoms with Gasteiger partial charge >= 0.3 is 17.9 Å². The van der Waals surface area contributed by atoms with Crippen LogP contribution in [0.3, 0.4) is 0 Å². The predicted molar refractivity (Wildman–Crippen MR) is 353 cm³/mol. The molecule has 0 aliphatic heterocycles. The van der Waals surface area contributed by atoms with Gasteiger partial charge in [0.15, 0.2) is 6.10 Å². The summed E-state index contributed by atoms with van der Waals surface area (Å²) in [7, 11) is 0. The summed E-state index contributed by atoms with van der Waals surface area (Å²) in [4.78, 5) is 38.3. The summed E-state index contributed by atoms with van der Waals surface area (Å²) < 4.78 is 16.9. The van der Waals surface area contributed by atoms with Gasteiger partial charge in [-0.25, -0.2) is 0 Å². The lowest BCUT2D eigenvalue weighted by molar-refractivity contribution is -0.167. The Bertz CT molecular complexity index is 1720. The zero-order valence-corrected chi connectivity index (χ0v) is 52.8. The summed E-state index contributed by atoms with van der Waals surface area (Å²) in [6, 6.07) is 0. The molecule has 0 N–H and O–H groups in total. The van der Waals surface area contributed by atoms with E-state index in [0.29, 0.717) is 19.3 Å². The molecule has 6 nitrogen and oxygen atoms in total. The lowest BCUT2D eigenvalue weighted by Crippen LogP contribution is -2.30. The second-order valence-electron chi connectivity index (χ2n) is 22.0. The lowest BCUT2D eigenvalue weighted by atomic mass is 10.1. The number of carbonyl (C=O) groups is 3. The van der Waals surface area contributed by atoms with Crippen LogP contribution in [0.15, 0.2) is 134 Å². The first kappa shape index (κ1) is 76.5. The van der Waals surface area contributed by atoms with Gasteiger partial charge in [0.05, 0.1) is 0 Å². The van der Waals surface area contributed by atoms with E-state index >= 15 is 0 Å². The van der Waals surface area contributed by atoms with E-state index in [-0.39, 0.29) is 31.1 Å². The van der Waals surface area contributed by atoms with Crippen molar-refractivity contribution in [2.75, 3.05) is 13.2 Å². The first-order valence-electron chi connectivity index (χ1n) is 33.7. The van der Waals surface area contributed by atoms with Gasteiger partial charge in [-0.1, -0.05) is 276 Å². The van der Waals surface area contributed by atoms with E-state index in [1.165, 1.54) is 116 Å². The van der Waals surface area contributed by atoms with Gasteiger partial charge in [-0.2, -0.15) is 0 Å². The fraction of sp³-hybridized carbons (Fsp3) is 0.667. The maximum absolute atomic E-state index is 12.9. The maximum Gasteiger partial charge on any atom is 0.306 e. The number of esters is 3. The van der Waals surface area contributed by atoms with E-state index in [4.69, 9.17) is 14.2 Å². The molecule has 0 bridgehead atoms. The van der Waals surface area contributed by atoms with Gasteiger partial charge < -0.3 is 14.2 Å². The highest BCUT2D eigenvalue weighted by Crippen LogP contribution is 2.15. The minimum absolute atomic E-state index is 0.0902. The molecule has 1 unspecified atom stereocenters. The highest BCUT2D eigenvalue weighted by atomic mass is 16.6. The number of ether oxygens (including phenoxy) is 3. The zero-order valence-electron chi connectivity index (χ0n) is 52.8. The Kier molecular flexibility index (Phi) is 64.3. The Balaban J connectivity index is 4.23. The van der Waals surface area contributed by atoms with Crippen molar-refractivity contribution in [1.82, 2.24) is 0 Å². The molecular weight excluding hydrogens is 997 g/mol. The molecule has 81 heavy (non-hydrogen) atoms. The standard InChI is InChI=1S/C75H124O6/c1-4-7-10-13-16-19-22-25-27-29-30-31-32-33-34-35-36-37-38-39-40-41-42-43-44-45-46-47-49-50-53-56-59-62-65-68-74(77)80-71-72(70-79-73(76)67-64-61-58-55-52-24-21-18-15-12-9-6-3)81-75(78)69-66-63-60-57-54-51-48-28-26-23-20-17-14-11-8-5-2/h7,10,16,18-21,23,25,27-28,30-31,33-34,36-37,39-40,42-43,48,72H,4-6,8-9,11-15,17,22,24,26,29,32,35,38,41,44-47,49-71H2,1-3H3/b10-7-,19-16-,21-18-,23-20-,27-25-,31-30-,34-33-,37-36-,40-39-,43-42-,48-28-. The Morgan fingerprint density at radius 3 is 0.790 bits per heavy atom. The molecule has 6 heteroatoms. The summed E-state index contributed by atoms with van der Waals surface area (Å²) in [5.74, 6) is -0.913. The molecular formula is C75H124O6. The van der Waals surface area contributed by atoms with Gasteiger partial charge in [-0.3, -0.25) is 14.4 Å². The largest absolute Gasteiger partial charge is 0.462 e. The number of rotatable bonds is 60. The minimum Gasteiger partial charge on any atom is -0.462 e. The van der Waals surface area contributed by atoms with Crippen LogP contribution in [0.1, 0.15) is 303 Å². The molecule has 0 aromatic heterocycles. The summed E-state index contributed by atoms with van der Waals surface area (Å²) in [6.07, 6.45) is 96.1. The molecule has 0 aromatic carbocycles. The predicted octanol–water partition coefficient (Wildman–Crippen LogP) is 23.3. The van der Waals surface area contributed by atoms with Crippen molar-refractivity contribution in [3.63, 3.8) is 0 Å². The van der Waals surface area contributed by atoms with Crippen molar-refractivity contribution in [3.05, 3.63) is 134 Å². The smallest absolute Gasteiger partial charge is 0.306 e. The fourth-order valence-corrected chi connectivity index (χ4v) is 9.07. The van der Waals surface area contributed by atoms with E-state index in [9.17, 15) is 14.4 Å². The Morgan fingerprint density at radius 2 is 0.481 bits per heavy atom. The number of allylic oxidation sites excluding steroid dienone is 22. The minimum atomic E-state index is -0.794. The number of hydrogen-bond acceptors (Lipinski definition) is 6. The maximum atomic E-state index is 12.9. The SMILES string of the molecule is CC/C=C\C/C=C\C/C=C\C/C=C\C/C=C\C/C=C\C/C=C\C/C=C\CCCCCCCCCCCCC(=O)OCC(COC(=O)CCCCCCC/C=C\CCCCC)OC(=O)CCCCCCC/C=C\C/C=C\CCCCCC. The first-order chi connectivity index (χ1) is 40.0. The van der Waals surface area contributed by atoms with Crippen LogP contribution in [0.4, 0.5) is 0 Å². The van der Waals surface area contributed by atoms with E-state index in [0.717, 1.165) is 148 Å². The average Bonchev–Trinajstić information content (AvgIpc) is 3.47. The van der Waals surface area contributed by atoms with Crippen LogP contribution in [-0.2, 0) is 28.6 Å². The summed E-state index contributed by atoms with van der Waals surface area (Å²) in [5, 5.41) is 0. The Labute approximate surface area is 500 Å². The number of unbranched alkanes of at least 4 members (excludes halogenated alkanes) is 27. The van der Waals surface area contributed by atoms with E-state index in [1.807, 2.05) is 0 Å². The lowest BCUT2D eigenvalue weighted by Gasteiger charge is -2.18. The topological polar surface area (TPSA) is 78.9 Å². The molecule has 0 radical (unpaired) electrons. The molecule has 0 aromatic rings. The van der Waals surface area contributed by atoms with Gasteiger partial charge in [0.1, 0.15) is 13.2 Å². The van der Waals surface area contributed by atoms with Crippen LogP contribution in [0.5, 0.6) is 0 Å². The van der Waals surface area contributed by atoms with Crippen molar-refractivity contribution >= 4 is 17.9 Å². The monoisotopic (exact) mass is 1120 g/mol. The van der Waals surface area contributed by atoms with E-state index < -0.39 is 6.10 Å². The molecule has 0 amide bonds. The third kappa shape index (κ3) is 66.2. The molecule has 0 fully saturated rings. The van der Waals surface area contributed by atoms with Crippen LogP contribution < -0.4 is 0 Å². The van der Waals surface area contributed by atoms with Crippen molar-refractivity contribution in [2.45, 2.75) is 309 Å². The highest BCUT2D eigenvalue weighted by Gasteiger charge is 2.19. The second kappa shape index (κ2) is 68.1. The van der Waals surface area contributed by atoms with Crippen molar-refractivity contribution in [1.29, 1.82) is 0 Å². The fourth-order valence-electron chi connectivity index (χ4n) is 9.07. The van der Waals surface area contributed by atoms with Gasteiger partial charge in [0, 0.05) is 19.3 Å². The van der Waals surface area contributed by atoms with Crippen LogP contribution in [0.2, 0.25) is 0 Å². The number of hydrogen-bond donors (Lipinski definition) is 0. The van der Waals surface area contributed by atoms with Crippen LogP contribution in [0, 0.1) is 0 Å². The van der Waals surface area contributed by atoms with E-state index in [2.05, 4.69) is 154 Å².